The molecule has 170 valence electrons. The van der Waals surface area contributed by atoms with E-state index in [4.69, 9.17) is 25.9 Å². The number of halogens is 2. The molecule has 10 heteroatoms. The van der Waals surface area contributed by atoms with Gasteiger partial charge in [-0.2, -0.15) is 0 Å². The highest BCUT2D eigenvalue weighted by atomic mass is 35.5. The molecule has 0 aliphatic heterocycles. The Morgan fingerprint density at radius 1 is 1.24 bits per heavy atom. The molecule has 0 aliphatic rings. The average molecular weight is 471 g/mol. The molecule has 0 aliphatic carbocycles. The minimum absolute atomic E-state index is 0.105. The molecule has 2 heterocycles. The summed E-state index contributed by atoms with van der Waals surface area (Å²) in [5.74, 6) is 0.426. The number of nitrogens with zero attached hydrogens (tertiary/aromatic N) is 2. The van der Waals surface area contributed by atoms with Gasteiger partial charge < -0.3 is 24.9 Å². The number of carbonyl (C=O) groups excluding carboxylic acids is 1. The van der Waals surface area contributed by atoms with Crippen LogP contribution in [0.15, 0.2) is 53.2 Å². The fourth-order valence-corrected chi connectivity index (χ4v) is 3.53. The first-order valence-corrected chi connectivity index (χ1v) is 10.4. The first-order valence-electron chi connectivity index (χ1n) is 10.0. The minimum atomic E-state index is -0.405. The number of aromatic nitrogens is 2. The number of fused-ring (bicyclic) bond motifs is 1. The second-order valence-electron chi connectivity index (χ2n) is 7.10. The number of carbonyl (C=O) groups is 1. The molecule has 2 aromatic heterocycles. The van der Waals surface area contributed by atoms with Crippen molar-refractivity contribution in [2.45, 2.75) is 13.5 Å². The number of anilines is 2. The predicted octanol–water partition coefficient (Wildman–Crippen LogP) is 4.37. The third-order valence-electron chi connectivity index (χ3n) is 4.77. The van der Waals surface area contributed by atoms with E-state index in [0.717, 1.165) is 0 Å². The molecular weight excluding hydrogens is 451 g/mol. The number of nitrogens with one attached hydrogen (secondary N) is 2. The highest BCUT2D eigenvalue weighted by molar-refractivity contribution is 6.32. The quantitative estimate of drug-likeness (QED) is 0.351. The zero-order valence-electron chi connectivity index (χ0n) is 17.6. The largest absolute Gasteiger partial charge is 0.487 e. The van der Waals surface area contributed by atoms with Crippen LogP contribution in [0.2, 0.25) is 5.02 Å². The molecule has 4 rings (SSSR count). The second kappa shape index (κ2) is 9.85. The van der Waals surface area contributed by atoms with E-state index in [-0.39, 0.29) is 36.9 Å². The van der Waals surface area contributed by atoms with Crippen LogP contribution in [-0.2, 0) is 6.61 Å². The third-order valence-corrected chi connectivity index (χ3v) is 5.06. The standard InChI is InChI=1S/C23H20ClFN4O4/c1-13-19(22(31)26-7-8-30)20-21(27-12-28-23(20)33-13)29-16-5-6-18(17(24)10-16)32-11-14-3-2-4-15(25)9-14/h2-6,9-10,12,30H,7-8,11H2,1H3,(H,26,31)(H,27,28,29). The summed E-state index contributed by atoms with van der Waals surface area (Å²) in [5, 5.41) is 15.5. The Labute approximate surface area is 193 Å². The number of aliphatic hydroxyl groups is 1. The van der Waals surface area contributed by atoms with Gasteiger partial charge in [-0.3, -0.25) is 4.79 Å². The van der Waals surface area contributed by atoms with Crippen LogP contribution in [0.4, 0.5) is 15.9 Å². The molecule has 4 aromatic rings. The summed E-state index contributed by atoms with van der Waals surface area (Å²) in [6.07, 6.45) is 1.32. The lowest BCUT2D eigenvalue weighted by Gasteiger charge is -2.11. The van der Waals surface area contributed by atoms with Crippen LogP contribution in [0.3, 0.4) is 0 Å². The number of aliphatic hydroxyl groups excluding tert-OH is 1. The van der Waals surface area contributed by atoms with Crippen molar-refractivity contribution in [2.75, 3.05) is 18.5 Å². The van der Waals surface area contributed by atoms with E-state index >= 15 is 0 Å². The smallest absolute Gasteiger partial charge is 0.255 e. The van der Waals surface area contributed by atoms with Crippen molar-refractivity contribution < 1.29 is 23.4 Å². The summed E-state index contributed by atoms with van der Waals surface area (Å²) >= 11 is 6.38. The SMILES string of the molecule is Cc1oc2ncnc(Nc3ccc(OCc4cccc(F)c4)c(Cl)c3)c2c1C(=O)NCCO. The van der Waals surface area contributed by atoms with Crippen molar-refractivity contribution in [3.05, 3.63) is 76.5 Å². The molecule has 0 bridgehead atoms. The van der Waals surface area contributed by atoms with Gasteiger partial charge in [0, 0.05) is 12.2 Å². The Morgan fingerprint density at radius 3 is 2.85 bits per heavy atom. The molecule has 3 N–H and O–H groups in total. The lowest BCUT2D eigenvalue weighted by molar-refractivity contribution is 0.0944. The van der Waals surface area contributed by atoms with E-state index in [9.17, 15) is 9.18 Å². The Balaban J connectivity index is 1.57. The highest BCUT2D eigenvalue weighted by Gasteiger charge is 2.22. The van der Waals surface area contributed by atoms with E-state index < -0.39 is 5.91 Å². The number of aryl methyl sites for hydroxylation is 1. The lowest BCUT2D eigenvalue weighted by atomic mass is 10.1. The van der Waals surface area contributed by atoms with Gasteiger partial charge in [0.25, 0.3) is 5.91 Å². The number of benzene rings is 2. The van der Waals surface area contributed by atoms with Gasteiger partial charge in [-0.25, -0.2) is 14.4 Å². The van der Waals surface area contributed by atoms with Crippen LogP contribution in [0.5, 0.6) is 5.75 Å². The molecule has 1 amide bonds. The van der Waals surface area contributed by atoms with Crippen LogP contribution >= 0.6 is 11.6 Å². The molecular formula is C23H20ClFN4O4. The summed E-state index contributed by atoms with van der Waals surface area (Å²) in [6, 6.07) is 11.2. The number of hydrogen-bond donors (Lipinski definition) is 3. The maximum Gasteiger partial charge on any atom is 0.255 e. The maximum atomic E-state index is 13.3. The van der Waals surface area contributed by atoms with Gasteiger partial charge in [0.05, 0.1) is 22.6 Å². The fourth-order valence-electron chi connectivity index (χ4n) is 3.29. The molecule has 2 aromatic carbocycles. The van der Waals surface area contributed by atoms with Crippen molar-refractivity contribution in [1.82, 2.24) is 15.3 Å². The summed E-state index contributed by atoms with van der Waals surface area (Å²) in [7, 11) is 0. The summed E-state index contributed by atoms with van der Waals surface area (Å²) < 4.78 is 24.7. The molecule has 0 saturated heterocycles. The van der Waals surface area contributed by atoms with Crippen molar-refractivity contribution in [3.63, 3.8) is 0 Å². The van der Waals surface area contributed by atoms with E-state index in [1.165, 1.54) is 18.5 Å². The van der Waals surface area contributed by atoms with E-state index in [1.807, 2.05) is 0 Å². The number of hydrogen-bond acceptors (Lipinski definition) is 7. The monoisotopic (exact) mass is 470 g/mol. The second-order valence-corrected chi connectivity index (χ2v) is 7.51. The van der Waals surface area contributed by atoms with Gasteiger partial charge >= 0.3 is 0 Å². The van der Waals surface area contributed by atoms with Crippen LogP contribution in [-0.4, -0.2) is 34.1 Å². The summed E-state index contributed by atoms with van der Waals surface area (Å²) in [5.41, 5.74) is 1.81. The number of furan rings is 1. The van der Waals surface area contributed by atoms with Crippen LogP contribution in [0.1, 0.15) is 21.7 Å². The Bertz CT molecular complexity index is 1310. The molecule has 8 nitrogen and oxygen atoms in total. The van der Waals surface area contributed by atoms with Crippen molar-refractivity contribution in [2.24, 2.45) is 0 Å². The van der Waals surface area contributed by atoms with Crippen LogP contribution < -0.4 is 15.4 Å². The zero-order chi connectivity index (χ0) is 23.4. The topological polar surface area (TPSA) is 110 Å². The zero-order valence-corrected chi connectivity index (χ0v) is 18.3. The maximum absolute atomic E-state index is 13.3. The third kappa shape index (κ3) is 5.05. The first kappa shape index (κ1) is 22.5. The normalized spacial score (nSPS) is 10.9. The fraction of sp³-hybridized carbons (Fsp3) is 0.174. The van der Waals surface area contributed by atoms with E-state index in [1.54, 1.807) is 37.3 Å². The van der Waals surface area contributed by atoms with Gasteiger partial charge in [0.1, 0.15) is 36.1 Å². The number of rotatable bonds is 8. The van der Waals surface area contributed by atoms with E-state index in [0.29, 0.717) is 39.0 Å². The van der Waals surface area contributed by atoms with Crippen molar-refractivity contribution in [3.8, 4) is 5.75 Å². The van der Waals surface area contributed by atoms with Gasteiger partial charge in [-0.05, 0) is 42.8 Å². The predicted molar refractivity (Wildman–Crippen MR) is 121 cm³/mol. The molecule has 0 saturated carbocycles. The highest BCUT2D eigenvalue weighted by Crippen LogP contribution is 2.33. The van der Waals surface area contributed by atoms with Gasteiger partial charge in [0.2, 0.25) is 5.71 Å². The molecule has 33 heavy (non-hydrogen) atoms. The minimum Gasteiger partial charge on any atom is -0.487 e. The molecule has 0 atom stereocenters. The average Bonchev–Trinajstić information content (AvgIpc) is 3.14. The number of amides is 1. The number of ether oxygens (including phenoxy) is 1. The molecule has 0 radical (unpaired) electrons. The van der Waals surface area contributed by atoms with Crippen molar-refractivity contribution in [1.29, 1.82) is 0 Å². The van der Waals surface area contributed by atoms with E-state index in [2.05, 4.69) is 20.6 Å². The van der Waals surface area contributed by atoms with Crippen LogP contribution in [0, 0.1) is 12.7 Å². The van der Waals surface area contributed by atoms with Gasteiger partial charge in [-0.1, -0.05) is 23.7 Å². The summed E-state index contributed by atoms with van der Waals surface area (Å²) in [6.45, 7) is 1.74. The van der Waals surface area contributed by atoms with Gasteiger partial charge in [-0.15, -0.1) is 0 Å². The van der Waals surface area contributed by atoms with Crippen molar-refractivity contribution >= 4 is 40.1 Å². The Hall–Kier alpha value is -3.69. The molecule has 0 fully saturated rings. The Kier molecular flexibility index (Phi) is 6.71. The van der Waals surface area contributed by atoms with Gasteiger partial charge in [0.15, 0.2) is 0 Å². The molecule has 0 spiro atoms. The van der Waals surface area contributed by atoms with Crippen LogP contribution in [0.25, 0.3) is 11.1 Å². The Morgan fingerprint density at radius 2 is 2.09 bits per heavy atom. The summed E-state index contributed by atoms with van der Waals surface area (Å²) in [4.78, 5) is 20.9. The lowest BCUT2D eigenvalue weighted by Crippen LogP contribution is -2.26. The molecule has 0 unspecified atom stereocenters. The first-order chi connectivity index (χ1) is 16.0.